The summed E-state index contributed by atoms with van der Waals surface area (Å²) in [6, 6.07) is 6.14. The molecule has 88 valence electrons. The lowest BCUT2D eigenvalue weighted by atomic mass is 9.99. The molecule has 0 aliphatic carbocycles. The van der Waals surface area contributed by atoms with Gasteiger partial charge in [-0.2, -0.15) is 0 Å². The summed E-state index contributed by atoms with van der Waals surface area (Å²) in [5.74, 6) is 5.57. The largest absolute Gasteiger partial charge is 0.271 e. The number of aryl methyl sites for hydroxylation is 1. The third kappa shape index (κ3) is 3.97. The summed E-state index contributed by atoms with van der Waals surface area (Å²) in [5.41, 5.74) is 6.28. The van der Waals surface area contributed by atoms with Crippen molar-refractivity contribution in [3.63, 3.8) is 0 Å². The van der Waals surface area contributed by atoms with E-state index in [0.717, 1.165) is 29.0 Å². The van der Waals surface area contributed by atoms with E-state index < -0.39 is 0 Å². The first kappa shape index (κ1) is 13.2. The maximum Gasteiger partial charge on any atom is 0.0463 e. The molecule has 0 aliphatic rings. The number of hydrogen-bond donors (Lipinski definition) is 2. The number of hydrazine groups is 1. The Morgan fingerprint density at radius 2 is 2.19 bits per heavy atom. The standard InChI is InChI=1S/C13H19ClN2/c1-9(2)4-5-13(16-15)11-6-10(3)7-12(14)8-11/h6-8,13,16H,1,4-5,15H2,2-3H3. The van der Waals surface area contributed by atoms with Crippen LogP contribution in [0.5, 0.6) is 0 Å². The van der Waals surface area contributed by atoms with Crippen molar-refractivity contribution in [3.8, 4) is 0 Å². The zero-order chi connectivity index (χ0) is 12.1. The van der Waals surface area contributed by atoms with Gasteiger partial charge in [0.2, 0.25) is 0 Å². The van der Waals surface area contributed by atoms with Gasteiger partial charge in [-0.05, 0) is 49.9 Å². The van der Waals surface area contributed by atoms with Crippen LogP contribution in [0.25, 0.3) is 0 Å². The second kappa shape index (κ2) is 6.04. The molecule has 1 unspecified atom stereocenters. The van der Waals surface area contributed by atoms with Crippen molar-refractivity contribution in [2.24, 2.45) is 5.84 Å². The Morgan fingerprint density at radius 1 is 1.50 bits per heavy atom. The maximum absolute atomic E-state index is 6.03. The topological polar surface area (TPSA) is 38.0 Å². The Morgan fingerprint density at radius 3 is 2.69 bits per heavy atom. The van der Waals surface area contributed by atoms with Crippen molar-refractivity contribution in [3.05, 3.63) is 46.5 Å². The van der Waals surface area contributed by atoms with Gasteiger partial charge < -0.3 is 0 Å². The molecule has 1 atom stereocenters. The molecule has 2 nitrogen and oxygen atoms in total. The van der Waals surface area contributed by atoms with E-state index in [1.165, 1.54) is 5.57 Å². The SMILES string of the molecule is C=C(C)CCC(NN)c1cc(C)cc(Cl)c1. The first-order chi connectivity index (χ1) is 7.52. The van der Waals surface area contributed by atoms with E-state index in [1.54, 1.807) is 0 Å². The van der Waals surface area contributed by atoms with Gasteiger partial charge in [0, 0.05) is 11.1 Å². The van der Waals surface area contributed by atoms with Crippen molar-refractivity contribution < 1.29 is 0 Å². The fourth-order valence-electron chi connectivity index (χ4n) is 1.70. The number of hydrogen-bond acceptors (Lipinski definition) is 2. The molecule has 0 aromatic heterocycles. The summed E-state index contributed by atoms with van der Waals surface area (Å²) in [6.07, 6.45) is 1.89. The monoisotopic (exact) mass is 238 g/mol. The molecule has 0 saturated carbocycles. The fraction of sp³-hybridized carbons (Fsp3) is 0.385. The molecule has 1 aromatic rings. The Labute approximate surface area is 102 Å². The first-order valence-electron chi connectivity index (χ1n) is 5.40. The molecular formula is C13H19ClN2. The van der Waals surface area contributed by atoms with Crippen molar-refractivity contribution in [2.45, 2.75) is 32.7 Å². The number of rotatable bonds is 5. The van der Waals surface area contributed by atoms with Gasteiger partial charge in [0.25, 0.3) is 0 Å². The smallest absolute Gasteiger partial charge is 0.0463 e. The number of benzene rings is 1. The van der Waals surface area contributed by atoms with Crippen LogP contribution in [0.3, 0.4) is 0 Å². The van der Waals surface area contributed by atoms with Crippen LogP contribution in [0.4, 0.5) is 0 Å². The van der Waals surface area contributed by atoms with Crippen LogP contribution in [-0.4, -0.2) is 0 Å². The summed E-state index contributed by atoms with van der Waals surface area (Å²) in [4.78, 5) is 0. The van der Waals surface area contributed by atoms with E-state index in [2.05, 4.69) is 18.1 Å². The molecule has 3 N–H and O–H groups in total. The summed E-state index contributed by atoms with van der Waals surface area (Å²) in [5, 5.41) is 0.755. The highest BCUT2D eigenvalue weighted by Gasteiger charge is 2.10. The predicted molar refractivity (Wildman–Crippen MR) is 70.3 cm³/mol. The highest BCUT2D eigenvalue weighted by molar-refractivity contribution is 6.30. The first-order valence-corrected chi connectivity index (χ1v) is 5.78. The molecule has 0 heterocycles. The van der Waals surface area contributed by atoms with E-state index in [0.29, 0.717) is 0 Å². The van der Waals surface area contributed by atoms with Crippen LogP contribution >= 0.6 is 11.6 Å². The van der Waals surface area contributed by atoms with Crippen molar-refractivity contribution in [1.29, 1.82) is 0 Å². The summed E-state index contributed by atoms with van der Waals surface area (Å²) >= 11 is 6.03. The number of nitrogens with two attached hydrogens (primary N) is 1. The summed E-state index contributed by atoms with van der Waals surface area (Å²) in [6.45, 7) is 7.95. The average molecular weight is 239 g/mol. The molecule has 1 rings (SSSR count). The molecular weight excluding hydrogens is 220 g/mol. The molecule has 0 fully saturated rings. The number of allylic oxidation sites excluding steroid dienone is 1. The maximum atomic E-state index is 6.03. The highest BCUT2D eigenvalue weighted by atomic mass is 35.5. The zero-order valence-corrected chi connectivity index (χ0v) is 10.6. The molecule has 0 radical (unpaired) electrons. The van der Waals surface area contributed by atoms with E-state index in [1.807, 2.05) is 26.0 Å². The van der Waals surface area contributed by atoms with Crippen LogP contribution in [0, 0.1) is 6.92 Å². The molecule has 0 amide bonds. The van der Waals surface area contributed by atoms with Gasteiger partial charge in [0.05, 0.1) is 0 Å². The van der Waals surface area contributed by atoms with Gasteiger partial charge >= 0.3 is 0 Å². The molecule has 3 heteroatoms. The fourth-order valence-corrected chi connectivity index (χ4v) is 2.00. The summed E-state index contributed by atoms with van der Waals surface area (Å²) < 4.78 is 0. The zero-order valence-electron chi connectivity index (χ0n) is 9.89. The molecule has 16 heavy (non-hydrogen) atoms. The Hall–Kier alpha value is -0.830. The molecule has 0 saturated heterocycles. The van der Waals surface area contributed by atoms with Gasteiger partial charge in [-0.25, -0.2) is 0 Å². The summed E-state index contributed by atoms with van der Waals surface area (Å²) in [7, 11) is 0. The minimum absolute atomic E-state index is 0.133. The Balaban J connectivity index is 2.81. The van der Waals surface area contributed by atoms with Crippen LogP contribution in [0.2, 0.25) is 5.02 Å². The van der Waals surface area contributed by atoms with Crippen LogP contribution in [-0.2, 0) is 0 Å². The van der Waals surface area contributed by atoms with Gasteiger partial charge in [0.15, 0.2) is 0 Å². The van der Waals surface area contributed by atoms with Crippen LogP contribution in [0.1, 0.15) is 36.9 Å². The quantitative estimate of drug-likeness (QED) is 0.468. The second-order valence-electron chi connectivity index (χ2n) is 4.28. The lowest BCUT2D eigenvalue weighted by molar-refractivity contribution is 0.515. The lowest BCUT2D eigenvalue weighted by Crippen LogP contribution is -2.28. The normalized spacial score (nSPS) is 12.5. The number of nitrogens with one attached hydrogen (secondary N) is 1. The average Bonchev–Trinajstić information content (AvgIpc) is 2.16. The van der Waals surface area contributed by atoms with Gasteiger partial charge in [-0.15, -0.1) is 6.58 Å². The van der Waals surface area contributed by atoms with E-state index >= 15 is 0 Å². The van der Waals surface area contributed by atoms with Gasteiger partial charge in [0.1, 0.15) is 0 Å². The van der Waals surface area contributed by atoms with Crippen LogP contribution < -0.4 is 11.3 Å². The second-order valence-corrected chi connectivity index (χ2v) is 4.71. The molecule has 1 aromatic carbocycles. The van der Waals surface area contributed by atoms with E-state index in [9.17, 15) is 0 Å². The third-order valence-corrected chi connectivity index (χ3v) is 2.75. The van der Waals surface area contributed by atoms with Gasteiger partial charge in [-0.1, -0.05) is 23.2 Å². The minimum Gasteiger partial charge on any atom is -0.271 e. The van der Waals surface area contributed by atoms with E-state index in [-0.39, 0.29) is 6.04 Å². The predicted octanol–water partition coefficient (Wildman–Crippen LogP) is 3.51. The minimum atomic E-state index is 0.133. The van der Waals surface area contributed by atoms with Gasteiger partial charge in [-0.3, -0.25) is 11.3 Å². The Bertz CT molecular complexity index is 354. The number of halogens is 1. The third-order valence-electron chi connectivity index (χ3n) is 2.53. The molecule has 0 aliphatic heterocycles. The van der Waals surface area contributed by atoms with Crippen LogP contribution in [0.15, 0.2) is 30.4 Å². The van der Waals surface area contributed by atoms with Crippen molar-refractivity contribution in [2.75, 3.05) is 0 Å². The molecule has 0 spiro atoms. The lowest BCUT2D eigenvalue weighted by Gasteiger charge is -2.17. The molecule has 0 bridgehead atoms. The van der Waals surface area contributed by atoms with Crippen molar-refractivity contribution in [1.82, 2.24) is 5.43 Å². The van der Waals surface area contributed by atoms with E-state index in [4.69, 9.17) is 17.4 Å². The Kier molecular flexibility index (Phi) is 5.00. The van der Waals surface area contributed by atoms with Crippen molar-refractivity contribution >= 4 is 11.6 Å². The highest BCUT2D eigenvalue weighted by Crippen LogP contribution is 2.24.